The zero-order valence-electron chi connectivity index (χ0n) is 11.7. The highest BCUT2D eigenvalue weighted by Crippen LogP contribution is 2.06. The van der Waals surface area contributed by atoms with Gasteiger partial charge in [0.05, 0.1) is 5.60 Å². The van der Waals surface area contributed by atoms with E-state index in [1.165, 1.54) is 11.1 Å². The summed E-state index contributed by atoms with van der Waals surface area (Å²) in [5.41, 5.74) is 2.22. The first-order valence-corrected chi connectivity index (χ1v) is 6.33. The zero-order chi connectivity index (χ0) is 13.6. The van der Waals surface area contributed by atoms with E-state index in [4.69, 9.17) is 4.74 Å². The van der Waals surface area contributed by atoms with Crippen molar-refractivity contribution in [1.82, 2.24) is 5.32 Å². The van der Waals surface area contributed by atoms with Crippen LogP contribution in [-0.4, -0.2) is 24.7 Å². The molecule has 0 spiro atoms. The number of hydrogen-bond donors (Lipinski definition) is 1. The van der Waals surface area contributed by atoms with Gasteiger partial charge in [-0.2, -0.15) is 0 Å². The van der Waals surface area contributed by atoms with E-state index in [1.54, 1.807) is 0 Å². The van der Waals surface area contributed by atoms with Crippen molar-refractivity contribution in [2.75, 3.05) is 13.2 Å². The topological polar surface area (TPSA) is 38.3 Å². The first kappa shape index (κ1) is 14.7. The van der Waals surface area contributed by atoms with E-state index in [2.05, 4.69) is 30.4 Å². The van der Waals surface area contributed by atoms with Gasteiger partial charge in [0.15, 0.2) is 0 Å². The number of rotatable bonds is 5. The van der Waals surface area contributed by atoms with Gasteiger partial charge in [0, 0.05) is 6.54 Å². The summed E-state index contributed by atoms with van der Waals surface area (Å²) in [5, 5.41) is 2.86. The molecule has 0 saturated heterocycles. The molecule has 0 aliphatic rings. The van der Waals surface area contributed by atoms with E-state index >= 15 is 0 Å². The molecule has 0 aromatic heterocycles. The molecule has 0 aliphatic heterocycles. The second-order valence-corrected chi connectivity index (χ2v) is 5.49. The molecule has 0 bridgehead atoms. The van der Waals surface area contributed by atoms with E-state index in [-0.39, 0.29) is 18.1 Å². The third kappa shape index (κ3) is 6.40. The third-order valence-electron chi connectivity index (χ3n) is 2.45. The highest BCUT2D eigenvalue weighted by atomic mass is 16.5. The lowest BCUT2D eigenvalue weighted by atomic mass is 10.1. The number of ether oxygens (including phenoxy) is 1. The summed E-state index contributed by atoms with van der Waals surface area (Å²) in [6.07, 6.45) is 0.850. The molecular weight excluding hydrogens is 226 g/mol. The summed E-state index contributed by atoms with van der Waals surface area (Å²) in [6.45, 7) is 8.65. The lowest BCUT2D eigenvalue weighted by Gasteiger charge is -2.18. The SMILES string of the molecule is Cc1cccc(CCNC(=O)COC(C)(C)C)c1. The molecule has 1 amide bonds. The number of aryl methyl sites for hydroxylation is 1. The zero-order valence-corrected chi connectivity index (χ0v) is 11.7. The standard InChI is InChI=1S/C15H23NO2/c1-12-6-5-7-13(10-12)8-9-16-14(17)11-18-15(2,3)4/h5-7,10H,8-9,11H2,1-4H3,(H,16,17). The molecule has 100 valence electrons. The first-order valence-electron chi connectivity index (χ1n) is 6.33. The predicted molar refractivity (Wildman–Crippen MR) is 73.6 cm³/mol. The minimum absolute atomic E-state index is 0.0578. The van der Waals surface area contributed by atoms with Crippen LogP contribution in [0.3, 0.4) is 0 Å². The summed E-state index contributed by atoms with van der Waals surface area (Å²) >= 11 is 0. The largest absolute Gasteiger partial charge is 0.366 e. The Labute approximate surface area is 110 Å². The van der Waals surface area contributed by atoms with Gasteiger partial charge in [0.1, 0.15) is 6.61 Å². The monoisotopic (exact) mass is 249 g/mol. The van der Waals surface area contributed by atoms with E-state index in [9.17, 15) is 4.79 Å². The van der Waals surface area contributed by atoms with Gasteiger partial charge in [-0.1, -0.05) is 29.8 Å². The summed E-state index contributed by atoms with van der Waals surface area (Å²) in [7, 11) is 0. The lowest BCUT2D eigenvalue weighted by Crippen LogP contribution is -2.33. The van der Waals surface area contributed by atoms with Gasteiger partial charge in [-0.15, -0.1) is 0 Å². The Hall–Kier alpha value is -1.35. The van der Waals surface area contributed by atoms with Crippen LogP contribution in [0.4, 0.5) is 0 Å². The van der Waals surface area contributed by atoms with E-state index in [1.807, 2.05) is 26.8 Å². The maximum Gasteiger partial charge on any atom is 0.246 e. The van der Waals surface area contributed by atoms with Gasteiger partial charge in [-0.25, -0.2) is 0 Å². The highest BCUT2D eigenvalue weighted by Gasteiger charge is 2.12. The van der Waals surface area contributed by atoms with Gasteiger partial charge < -0.3 is 10.1 Å². The van der Waals surface area contributed by atoms with E-state index in [0.29, 0.717) is 6.54 Å². The van der Waals surface area contributed by atoms with Crippen LogP contribution in [0.2, 0.25) is 0 Å². The van der Waals surface area contributed by atoms with E-state index < -0.39 is 0 Å². The predicted octanol–water partition coefficient (Wildman–Crippen LogP) is 2.47. The van der Waals surface area contributed by atoms with Crippen molar-refractivity contribution < 1.29 is 9.53 Å². The Morgan fingerprint density at radius 3 is 2.67 bits per heavy atom. The molecule has 0 radical (unpaired) electrons. The molecule has 0 saturated carbocycles. The van der Waals surface area contributed by atoms with Crippen molar-refractivity contribution in [3.8, 4) is 0 Å². The second-order valence-electron chi connectivity index (χ2n) is 5.49. The number of carbonyl (C=O) groups excluding carboxylic acids is 1. The van der Waals surface area contributed by atoms with Crippen LogP contribution < -0.4 is 5.32 Å². The Kier molecular flexibility index (Phi) is 5.35. The molecule has 0 fully saturated rings. The van der Waals surface area contributed by atoms with Crippen LogP contribution in [0.1, 0.15) is 31.9 Å². The molecular formula is C15H23NO2. The molecule has 1 N–H and O–H groups in total. The normalized spacial score (nSPS) is 11.3. The summed E-state index contributed by atoms with van der Waals surface area (Å²) < 4.78 is 5.40. The number of nitrogens with one attached hydrogen (secondary N) is 1. The van der Waals surface area contributed by atoms with Crippen molar-refractivity contribution in [3.63, 3.8) is 0 Å². The molecule has 1 rings (SSSR count). The smallest absolute Gasteiger partial charge is 0.246 e. The molecule has 3 nitrogen and oxygen atoms in total. The lowest BCUT2D eigenvalue weighted by molar-refractivity contribution is -0.130. The minimum atomic E-state index is -0.270. The van der Waals surface area contributed by atoms with Crippen LogP contribution in [-0.2, 0) is 16.0 Å². The summed E-state index contributed by atoms with van der Waals surface area (Å²) in [4.78, 5) is 11.5. The maximum atomic E-state index is 11.5. The van der Waals surface area contributed by atoms with Gasteiger partial charge in [-0.05, 0) is 39.7 Å². The molecule has 18 heavy (non-hydrogen) atoms. The van der Waals surface area contributed by atoms with Crippen molar-refractivity contribution in [3.05, 3.63) is 35.4 Å². The second kappa shape index (κ2) is 6.55. The number of hydrogen-bond acceptors (Lipinski definition) is 2. The fraction of sp³-hybridized carbons (Fsp3) is 0.533. The van der Waals surface area contributed by atoms with Crippen LogP contribution >= 0.6 is 0 Å². The first-order chi connectivity index (χ1) is 8.37. The van der Waals surface area contributed by atoms with Crippen molar-refractivity contribution in [1.29, 1.82) is 0 Å². The van der Waals surface area contributed by atoms with Crippen LogP contribution in [0, 0.1) is 6.92 Å². The number of amides is 1. The van der Waals surface area contributed by atoms with Crippen LogP contribution in [0.25, 0.3) is 0 Å². The maximum absolute atomic E-state index is 11.5. The quantitative estimate of drug-likeness (QED) is 0.870. The van der Waals surface area contributed by atoms with E-state index in [0.717, 1.165) is 6.42 Å². The van der Waals surface area contributed by atoms with Crippen molar-refractivity contribution in [2.45, 2.75) is 39.7 Å². The summed E-state index contributed by atoms with van der Waals surface area (Å²) in [5.74, 6) is -0.0578. The molecule has 3 heteroatoms. The molecule has 1 aromatic carbocycles. The number of benzene rings is 1. The van der Waals surface area contributed by atoms with Gasteiger partial charge in [0.25, 0.3) is 0 Å². The Morgan fingerprint density at radius 2 is 2.06 bits per heavy atom. The molecule has 0 heterocycles. The fourth-order valence-corrected chi connectivity index (χ4v) is 1.55. The molecule has 0 atom stereocenters. The average Bonchev–Trinajstić information content (AvgIpc) is 2.25. The average molecular weight is 249 g/mol. The molecule has 0 aliphatic carbocycles. The third-order valence-corrected chi connectivity index (χ3v) is 2.45. The van der Waals surface area contributed by atoms with Crippen LogP contribution in [0.15, 0.2) is 24.3 Å². The van der Waals surface area contributed by atoms with Gasteiger partial charge >= 0.3 is 0 Å². The fourth-order valence-electron chi connectivity index (χ4n) is 1.55. The minimum Gasteiger partial charge on any atom is -0.366 e. The van der Waals surface area contributed by atoms with Gasteiger partial charge in [-0.3, -0.25) is 4.79 Å². The molecule has 1 aromatic rings. The Bertz CT molecular complexity index is 394. The molecule has 0 unspecified atom stereocenters. The Morgan fingerprint density at radius 1 is 1.33 bits per heavy atom. The van der Waals surface area contributed by atoms with Crippen molar-refractivity contribution in [2.24, 2.45) is 0 Å². The summed E-state index contributed by atoms with van der Waals surface area (Å²) in [6, 6.07) is 8.32. The van der Waals surface area contributed by atoms with Crippen LogP contribution in [0.5, 0.6) is 0 Å². The highest BCUT2D eigenvalue weighted by molar-refractivity contribution is 5.77. The number of carbonyl (C=O) groups is 1. The van der Waals surface area contributed by atoms with Crippen molar-refractivity contribution >= 4 is 5.91 Å². The van der Waals surface area contributed by atoms with Gasteiger partial charge in [0.2, 0.25) is 5.91 Å². The Balaban J connectivity index is 2.23.